The van der Waals surface area contributed by atoms with E-state index in [1.165, 1.54) is 4.90 Å². The third-order valence-corrected chi connectivity index (χ3v) is 4.00. The number of hydrogen-bond donors (Lipinski definition) is 1. The van der Waals surface area contributed by atoms with Gasteiger partial charge in [0.25, 0.3) is 0 Å². The van der Waals surface area contributed by atoms with Crippen LogP contribution in [0.15, 0.2) is 0 Å². The van der Waals surface area contributed by atoms with Gasteiger partial charge in [-0.05, 0) is 31.5 Å². The van der Waals surface area contributed by atoms with Crippen LogP contribution in [0.25, 0.3) is 0 Å². The van der Waals surface area contributed by atoms with Crippen molar-refractivity contribution in [3.8, 4) is 0 Å². The van der Waals surface area contributed by atoms with E-state index in [0.29, 0.717) is 12.8 Å². The van der Waals surface area contributed by atoms with E-state index in [-0.39, 0.29) is 36.1 Å². The highest BCUT2D eigenvalue weighted by Crippen LogP contribution is 2.31. The molecule has 1 N–H and O–H groups in total. The minimum Gasteiger partial charge on any atom is -0.325 e. The molecular weight excluding hydrogens is 265 g/mol. The van der Waals surface area contributed by atoms with Crippen molar-refractivity contribution >= 4 is 17.7 Å². The first-order valence-corrected chi connectivity index (χ1v) is 7.01. The standard InChI is InChI=1S/C11H19F3N2OS/c1-4-8-15-10(3,5-2)9(17)16(8)6-7-18-11(12,13)14/h8,15H,4-7H2,1-3H3. The summed E-state index contributed by atoms with van der Waals surface area (Å²) in [5.41, 5.74) is -4.87. The molecule has 0 aromatic heterocycles. The van der Waals surface area contributed by atoms with Gasteiger partial charge in [0, 0.05) is 12.3 Å². The molecule has 1 fully saturated rings. The molecule has 1 aliphatic heterocycles. The van der Waals surface area contributed by atoms with E-state index in [1.54, 1.807) is 6.92 Å². The van der Waals surface area contributed by atoms with Crippen LogP contribution in [-0.4, -0.2) is 40.3 Å². The van der Waals surface area contributed by atoms with Crippen LogP contribution in [0.4, 0.5) is 13.2 Å². The third kappa shape index (κ3) is 3.54. The fraction of sp³-hybridized carbons (Fsp3) is 0.909. The summed E-state index contributed by atoms with van der Waals surface area (Å²) in [6.45, 7) is 5.74. The highest BCUT2D eigenvalue weighted by molar-refractivity contribution is 8.00. The summed E-state index contributed by atoms with van der Waals surface area (Å²) in [7, 11) is 0. The second-order valence-corrected chi connectivity index (χ2v) is 5.71. The highest BCUT2D eigenvalue weighted by Gasteiger charge is 2.45. The maximum Gasteiger partial charge on any atom is 0.441 e. The summed E-state index contributed by atoms with van der Waals surface area (Å²) in [6, 6.07) is 0. The lowest BCUT2D eigenvalue weighted by Gasteiger charge is -2.23. The summed E-state index contributed by atoms with van der Waals surface area (Å²) >= 11 is -0.0789. The van der Waals surface area contributed by atoms with Crippen LogP contribution in [0, 0.1) is 0 Å². The van der Waals surface area contributed by atoms with Crippen molar-refractivity contribution in [3.63, 3.8) is 0 Å². The normalized spacial score (nSPS) is 29.1. The average Bonchev–Trinajstić information content (AvgIpc) is 2.52. The summed E-state index contributed by atoms with van der Waals surface area (Å²) in [5.74, 6) is -0.215. The van der Waals surface area contributed by atoms with E-state index < -0.39 is 11.0 Å². The Labute approximate surface area is 109 Å². The number of carbonyl (C=O) groups excluding carboxylic acids is 1. The fourth-order valence-electron chi connectivity index (χ4n) is 2.06. The SMILES string of the molecule is CCC1NC(C)(CC)C(=O)N1CCSC(F)(F)F. The molecule has 0 aliphatic carbocycles. The summed E-state index contributed by atoms with van der Waals surface area (Å²) in [4.78, 5) is 13.7. The van der Waals surface area contributed by atoms with Crippen molar-refractivity contribution in [2.45, 2.75) is 50.8 Å². The Bertz CT molecular complexity index is 311. The van der Waals surface area contributed by atoms with E-state index in [0.717, 1.165) is 0 Å². The molecule has 3 nitrogen and oxygen atoms in total. The van der Waals surface area contributed by atoms with Gasteiger partial charge < -0.3 is 4.90 Å². The van der Waals surface area contributed by atoms with Gasteiger partial charge in [-0.2, -0.15) is 13.2 Å². The Morgan fingerprint density at radius 1 is 1.44 bits per heavy atom. The summed E-state index contributed by atoms with van der Waals surface area (Å²) in [6.07, 6.45) is 1.17. The van der Waals surface area contributed by atoms with E-state index in [1.807, 2.05) is 13.8 Å². The van der Waals surface area contributed by atoms with Crippen molar-refractivity contribution in [2.24, 2.45) is 0 Å². The maximum atomic E-state index is 12.2. The number of halogens is 3. The lowest BCUT2D eigenvalue weighted by molar-refractivity contribution is -0.132. The Kier molecular flexibility index (Phi) is 4.94. The Balaban J connectivity index is 2.60. The van der Waals surface area contributed by atoms with E-state index in [4.69, 9.17) is 0 Å². The number of amides is 1. The maximum absolute atomic E-state index is 12.2. The molecule has 0 bridgehead atoms. The first kappa shape index (κ1) is 15.6. The minimum atomic E-state index is -4.23. The fourth-order valence-corrected chi connectivity index (χ4v) is 2.58. The van der Waals surface area contributed by atoms with Crippen molar-refractivity contribution < 1.29 is 18.0 Å². The van der Waals surface area contributed by atoms with Gasteiger partial charge in [-0.1, -0.05) is 13.8 Å². The zero-order valence-electron chi connectivity index (χ0n) is 10.8. The zero-order valence-corrected chi connectivity index (χ0v) is 11.6. The van der Waals surface area contributed by atoms with Crippen LogP contribution in [0.1, 0.15) is 33.6 Å². The van der Waals surface area contributed by atoms with Crippen LogP contribution in [0.2, 0.25) is 0 Å². The Morgan fingerprint density at radius 3 is 2.50 bits per heavy atom. The quantitative estimate of drug-likeness (QED) is 0.842. The number of alkyl halides is 3. The molecule has 1 rings (SSSR count). The number of rotatable bonds is 5. The molecule has 0 aromatic carbocycles. The van der Waals surface area contributed by atoms with Gasteiger partial charge in [0.05, 0.1) is 11.7 Å². The van der Waals surface area contributed by atoms with Crippen molar-refractivity contribution in [1.29, 1.82) is 0 Å². The topological polar surface area (TPSA) is 32.3 Å². The van der Waals surface area contributed by atoms with Crippen molar-refractivity contribution in [2.75, 3.05) is 12.3 Å². The van der Waals surface area contributed by atoms with Crippen LogP contribution in [0.3, 0.4) is 0 Å². The van der Waals surface area contributed by atoms with Gasteiger partial charge >= 0.3 is 5.51 Å². The predicted octanol–water partition coefficient (Wildman–Crippen LogP) is 2.58. The van der Waals surface area contributed by atoms with Crippen LogP contribution in [0.5, 0.6) is 0 Å². The Hall–Kier alpha value is -0.430. The van der Waals surface area contributed by atoms with E-state index in [9.17, 15) is 18.0 Å². The number of nitrogens with zero attached hydrogens (tertiary/aromatic N) is 1. The van der Waals surface area contributed by atoms with Gasteiger partial charge in [0.1, 0.15) is 0 Å². The second kappa shape index (κ2) is 5.69. The molecule has 1 aliphatic rings. The van der Waals surface area contributed by atoms with E-state index >= 15 is 0 Å². The van der Waals surface area contributed by atoms with Crippen molar-refractivity contribution in [1.82, 2.24) is 10.2 Å². The first-order valence-electron chi connectivity index (χ1n) is 6.03. The molecule has 1 saturated heterocycles. The molecule has 1 heterocycles. The lowest BCUT2D eigenvalue weighted by atomic mass is 9.99. The number of nitrogens with one attached hydrogen (secondary N) is 1. The van der Waals surface area contributed by atoms with Gasteiger partial charge in [-0.15, -0.1) is 0 Å². The average molecular weight is 284 g/mol. The van der Waals surface area contributed by atoms with Crippen molar-refractivity contribution in [3.05, 3.63) is 0 Å². The van der Waals surface area contributed by atoms with Crippen LogP contribution < -0.4 is 5.32 Å². The molecule has 2 atom stereocenters. The molecule has 2 unspecified atom stereocenters. The minimum absolute atomic E-state index is 0.0789. The lowest BCUT2D eigenvalue weighted by Crippen LogP contribution is -2.43. The van der Waals surface area contributed by atoms with E-state index in [2.05, 4.69) is 5.32 Å². The van der Waals surface area contributed by atoms with Gasteiger partial charge in [0.15, 0.2) is 0 Å². The van der Waals surface area contributed by atoms with Crippen LogP contribution in [-0.2, 0) is 4.79 Å². The molecule has 0 aromatic rings. The summed E-state index contributed by atoms with van der Waals surface area (Å²) in [5, 5.41) is 3.20. The zero-order chi connectivity index (χ0) is 14.0. The number of hydrogen-bond acceptors (Lipinski definition) is 3. The highest BCUT2D eigenvalue weighted by atomic mass is 32.2. The first-order chi connectivity index (χ1) is 8.23. The second-order valence-electron chi connectivity index (χ2n) is 4.55. The molecule has 106 valence electrons. The Morgan fingerprint density at radius 2 is 2.06 bits per heavy atom. The molecule has 0 radical (unpaired) electrons. The van der Waals surface area contributed by atoms with Gasteiger partial charge in [-0.25, -0.2) is 0 Å². The molecule has 1 amide bonds. The largest absolute Gasteiger partial charge is 0.441 e. The number of carbonyl (C=O) groups is 1. The van der Waals surface area contributed by atoms with Gasteiger partial charge in [-0.3, -0.25) is 10.1 Å². The molecule has 18 heavy (non-hydrogen) atoms. The van der Waals surface area contributed by atoms with Crippen LogP contribution >= 0.6 is 11.8 Å². The predicted molar refractivity (Wildman–Crippen MR) is 66.1 cm³/mol. The summed E-state index contributed by atoms with van der Waals surface area (Å²) < 4.78 is 36.2. The number of thioether (sulfide) groups is 1. The molecular formula is C11H19F3N2OS. The molecule has 0 saturated carbocycles. The molecule has 0 spiro atoms. The third-order valence-electron chi connectivity index (χ3n) is 3.29. The molecule has 7 heteroatoms. The van der Waals surface area contributed by atoms with Gasteiger partial charge in [0.2, 0.25) is 5.91 Å². The monoisotopic (exact) mass is 284 g/mol. The smallest absolute Gasteiger partial charge is 0.325 e.